The number of carboxylic acid groups (broad SMARTS) is 1. The number of aromatic carboxylic acids is 1. The summed E-state index contributed by atoms with van der Waals surface area (Å²) < 4.78 is 1.72. The fraction of sp³-hybridized carbons (Fsp3) is 0. The molecule has 3 N–H and O–H groups in total. The zero-order valence-corrected chi connectivity index (χ0v) is 13.5. The van der Waals surface area contributed by atoms with Gasteiger partial charge in [0.15, 0.2) is 0 Å². The fourth-order valence-corrected chi connectivity index (χ4v) is 3.65. The number of hydrogen-bond acceptors (Lipinski definition) is 2. The van der Waals surface area contributed by atoms with Gasteiger partial charge in [-0.3, -0.25) is 4.79 Å². The summed E-state index contributed by atoms with van der Waals surface area (Å²) in [4.78, 5) is 22.1. The lowest BCUT2D eigenvalue weighted by Crippen LogP contribution is -2.17. The predicted octanol–water partition coefficient (Wildman–Crippen LogP) is 2.30. The van der Waals surface area contributed by atoms with Gasteiger partial charge in [-0.2, -0.15) is 0 Å². The van der Waals surface area contributed by atoms with Gasteiger partial charge in [0.05, 0.1) is 11.1 Å². The number of carboxylic acids is 1. The quantitative estimate of drug-likeness (QED) is 0.445. The first-order chi connectivity index (χ1) is 6.86. The van der Waals surface area contributed by atoms with Crippen LogP contribution in [0.5, 0.6) is 0 Å². The van der Waals surface area contributed by atoms with Crippen LogP contribution in [0.2, 0.25) is 0 Å². The summed E-state index contributed by atoms with van der Waals surface area (Å²) in [5.74, 6) is -1.67. The number of amides is 1. The van der Waals surface area contributed by atoms with Crippen LogP contribution in [0, 0.1) is 10.7 Å². The van der Waals surface area contributed by atoms with Gasteiger partial charge in [-0.25, -0.2) is 4.79 Å². The van der Waals surface area contributed by atoms with Gasteiger partial charge in [-0.1, -0.05) is 0 Å². The Morgan fingerprint density at radius 2 is 1.73 bits per heavy atom. The molecule has 15 heavy (non-hydrogen) atoms. The van der Waals surface area contributed by atoms with Gasteiger partial charge in [-0.05, 0) is 73.8 Å². The van der Waals surface area contributed by atoms with E-state index >= 15 is 0 Å². The Hall–Kier alpha value is 0.350. The molecule has 1 aromatic rings. The van der Waals surface area contributed by atoms with E-state index in [1.807, 2.05) is 67.8 Å². The highest BCUT2D eigenvalue weighted by Crippen LogP contribution is 2.27. The smallest absolute Gasteiger partial charge is 0.337 e. The molecule has 0 aromatic heterocycles. The van der Waals surface area contributed by atoms with Crippen LogP contribution in [0.15, 0.2) is 6.07 Å². The average molecular weight is 543 g/mol. The average Bonchev–Trinajstić information content (AvgIpc) is 2.10. The van der Waals surface area contributed by atoms with Gasteiger partial charge in [0.25, 0.3) is 0 Å². The molecule has 0 bridgehead atoms. The third kappa shape index (κ3) is 2.72. The van der Waals surface area contributed by atoms with E-state index < -0.39 is 11.9 Å². The Labute approximate surface area is 126 Å². The Kier molecular flexibility index (Phi) is 4.58. The van der Waals surface area contributed by atoms with Crippen molar-refractivity contribution in [3.8, 4) is 0 Å². The molecule has 0 aliphatic carbocycles. The van der Waals surface area contributed by atoms with Crippen LogP contribution in [0.1, 0.15) is 20.7 Å². The Morgan fingerprint density at radius 3 is 2.13 bits per heavy atom. The van der Waals surface area contributed by atoms with Crippen LogP contribution < -0.4 is 5.73 Å². The topological polar surface area (TPSA) is 80.4 Å². The van der Waals surface area contributed by atoms with E-state index in [1.54, 1.807) is 6.07 Å². The molecule has 7 heteroatoms. The van der Waals surface area contributed by atoms with Crippen molar-refractivity contribution in [2.75, 3.05) is 0 Å². The summed E-state index contributed by atoms with van der Waals surface area (Å²) in [6.07, 6.45) is 0. The van der Waals surface area contributed by atoms with Crippen molar-refractivity contribution >= 4 is 79.6 Å². The van der Waals surface area contributed by atoms with Crippen molar-refractivity contribution in [1.82, 2.24) is 0 Å². The Bertz CT molecular complexity index is 459. The first-order valence-corrected chi connectivity index (χ1v) is 6.80. The van der Waals surface area contributed by atoms with Crippen LogP contribution in [0.25, 0.3) is 0 Å². The van der Waals surface area contributed by atoms with E-state index in [1.165, 1.54) is 0 Å². The lowest BCUT2D eigenvalue weighted by atomic mass is 10.1. The monoisotopic (exact) mass is 543 g/mol. The van der Waals surface area contributed by atoms with Gasteiger partial charge in [0.1, 0.15) is 0 Å². The molecule has 1 rings (SSSR count). The maximum Gasteiger partial charge on any atom is 0.337 e. The molecule has 0 radical (unpaired) electrons. The van der Waals surface area contributed by atoms with Gasteiger partial charge < -0.3 is 10.8 Å². The summed E-state index contributed by atoms with van der Waals surface area (Å²) in [5, 5.41) is 9.01. The third-order valence-electron chi connectivity index (χ3n) is 1.64. The Morgan fingerprint density at radius 1 is 1.20 bits per heavy atom. The minimum absolute atomic E-state index is 0.136. The number of hydrogen-bond donors (Lipinski definition) is 2. The zero-order valence-electron chi connectivity index (χ0n) is 7.05. The number of benzene rings is 1. The molecule has 0 aliphatic heterocycles. The second-order valence-electron chi connectivity index (χ2n) is 2.58. The largest absolute Gasteiger partial charge is 0.478 e. The van der Waals surface area contributed by atoms with Crippen molar-refractivity contribution in [2.24, 2.45) is 5.73 Å². The lowest BCUT2D eigenvalue weighted by molar-refractivity contribution is 0.0694. The summed E-state index contributed by atoms with van der Waals surface area (Å²) >= 11 is 5.74. The number of halogens is 3. The van der Waals surface area contributed by atoms with Crippen LogP contribution in [-0.2, 0) is 0 Å². The van der Waals surface area contributed by atoms with E-state index in [0.717, 1.165) is 0 Å². The Balaban J connectivity index is 3.63. The first kappa shape index (κ1) is 13.4. The van der Waals surface area contributed by atoms with Crippen molar-refractivity contribution in [2.45, 2.75) is 0 Å². The van der Waals surface area contributed by atoms with Gasteiger partial charge in [-0.15, -0.1) is 0 Å². The molecular formula is C8H4I3NO3. The normalized spacial score (nSPS) is 10.1. The molecule has 0 saturated heterocycles. The molecule has 0 aliphatic rings. The third-order valence-corrected chi connectivity index (χ3v) is 5.76. The summed E-state index contributed by atoms with van der Waals surface area (Å²) in [6, 6.07) is 1.60. The van der Waals surface area contributed by atoms with E-state index in [2.05, 4.69) is 0 Å². The minimum Gasteiger partial charge on any atom is -0.478 e. The van der Waals surface area contributed by atoms with E-state index in [9.17, 15) is 9.59 Å². The molecule has 0 spiro atoms. The van der Waals surface area contributed by atoms with Crippen molar-refractivity contribution in [3.63, 3.8) is 0 Å². The van der Waals surface area contributed by atoms with Crippen LogP contribution in [-0.4, -0.2) is 17.0 Å². The van der Waals surface area contributed by atoms with E-state index in [4.69, 9.17) is 10.8 Å². The SMILES string of the molecule is NC(=O)c1cc(I)c(I)c(C(=O)O)c1I. The van der Waals surface area contributed by atoms with Gasteiger partial charge in [0, 0.05) is 10.7 Å². The van der Waals surface area contributed by atoms with Gasteiger partial charge >= 0.3 is 5.97 Å². The summed E-state index contributed by atoms with van der Waals surface area (Å²) in [6.45, 7) is 0. The molecule has 1 aromatic carbocycles. The molecule has 1 amide bonds. The second kappa shape index (κ2) is 5.12. The molecular weight excluding hydrogens is 539 g/mol. The highest BCUT2D eigenvalue weighted by atomic mass is 127. The van der Waals surface area contributed by atoms with Crippen molar-refractivity contribution < 1.29 is 14.7 Å². The summed E-state index contributed by atoms with van der Waals surface area (Å²) in [5.41, 5.74) is 5.54. The number of primary amides is 1. The number of rotatable bonds is 2. The lowest BCUT2D eigenvalue weighted by Gasteiger charge is -2.08. The molecule has 0 heterocycles. The second-order valence-corrected chi connectivity index (χ2v) is 5.90. The predicted molar refractivity (Wildman–Crippen MR) is 80.1 cm³/mol. The van der Waals surface area contributed by atoms with Crippen LogP contribution >= 0.6 is 67.8 Å². The molecule has 80 valence electrons. The maximum absolute atomic E-state index is 11.1. The molecule has 0 unspecified atom stereocenters. The van der Waals surface area contributed by atoms with E-state index in [0.29, 0.717) is 10.7 Å². The highest BCUT2D eigenvalue weighted by molar-refractivity contribution is 14.1. The van der Waals surface area contributed by atoms with Crippen LogP contribution in [0.3, 0.4) is 0 Å². The zero-order chi connectivity index (χ0) is 11.7. The van der Waals surface area contributed by atoms with Crippen molar-refractivity contribution in [3.05, 3.63) is 27.9 Å². The first-order valence-electron chi connectivity index (χ1n) is 3.56. The van der Waals surface area contributed by atoms with E-state index in [-0.39, 0.29) is 11.1 Å². The van der Waals surface area contributed by atoms with Gasteiger partial charge in [0.2, 0.25) is 5.91 Å². The molecule has 0 saturated carbocycles. The number of carbonyl (C=O) groups is 2. The fourth-order valence-electron chi connectivity index (χ4n) is 0.971. The summed E-state index contributed by atoms with van der Waals surface area (Å²) in [7, 11) is 0. The molecule has 0 fully saturated rings. The highest BCUT2D eigenvalue weighted by Gasteiger charge is 2.21. The minimum atomic E-state index is -1.05. The van der Waals surface area contributed by atoms with Crippen LogP contribution in [0.4, 0.5) is 0 Å². The molecule has 4 nitrogen and oxygen atoms in total. The molecule has 0 atom stereocenters. The number of carbonyl (C=O) groups excluding carboxylic acids is 1. The standard InChI is InChI=1S/C8H4I3NO3/c9-3-1-2(7(12)13)5(10)4(6(3)11)8(14)15/h1H,(H2,12,13)(H,14,15). The number of nitrogens with two attached hydrogens (primary N) is 1. The van der Waals surface area contributed by atoms with Crippen molar-refractivity contribution in [1.29, 1.82) is 0 Å². The maximum atomic E-state index is 11.1.